The highest BCUT2D eigenvalue weighted by molar-refractivity contribution is 5.89. The molecule has 0 aliphatic carbocycles. The third kappa shape index (κ3) is 4.04. The molecule has 0 atom stereocenters. The molecule has 0 fully saturated rings. The number of fused-ring (bicyclic) bond motifs is 1. The molecule has 0 amide bonds. The Morgan fingerprint density at radius 3 is 2.67 bits per heavy atom. The van der Waals surface area contributed by atoms with Crippen LogP contribution in [0.2, 0.25) is 0 Å². The number of benzene rings is 1. The molecule has 4 nitrogen and oxygen atoms in total. The second-order valence-corrected chi connectivity index (χ2v) is 4.39. The van der Waals surface area contributed by atoms with Crippen molar-refractivity contribution in [3.63, 3.8) is 0 Å². The van der Waals surface area contributed by atoms with Gasteiger partial charge in [0.2, 0.25) is 5.82 Å². The summed E-state index contributed by atoms with van der Waals surface area (Å²) in [6.45, 7) is 3.55. The van der Waals surface area contributed by atoms with E-state index >= 15 is 0 Å². The smallest absolute Gasteiger partial charge is 0.382 e. The van der Waals surface area contributed by atoms with Crippen LogP contribution in [0.3, 0.4) is 0 Å². The minimum atomic E-state index is -4.56. The molecule has 0 bridgehead atoms. The Kier molecular flexibility index (Phi) is 4.95. The van der Waals surface area contributed by atoms with Crippen molar-refractivity contribution in [2.45, 2.75) is 19.5 Å². The third-order valence-corrected chi connectivity index (χ3v) is 2.82. The summed E-state index contributed by atoms with van der Waals surface area (Å²) in [5.41, 5.74) is 0.270. The molecular weight excluding hydrogens is 283 g/mol. The second kappa shape index (κ2) is 6.71. The summed E-state index contributed by atoms with van der Waals surface area (Å²) in [4.78, 5) is 7.17. The number of ether oxygens (including phenoxy) is 1. The van der Waals surface area contributed by atoms with Crippen molar-refractivity contribution < 1.29 is 17.9 Å². The lowest BCUT2D eigenvalue weighted by Crippen LogP contribution is -2.14. The molecule has 1 aromatic carbocycles. The summed E-state index contributed by atoms with van der Waals surface area (Å²) in [6, 6.07) is 6.62. The molecule has 0 saturated heterocycles. The van der Waals surface area contributed by atoms with Crippen molar-refractivity contribution in [1.29, 1.82) is 0 Å². The van der Waals surface area contributed by atoms with Gasteiger partial charge in [0.25, 0.3) is 0 Å². The maximum atomic E-state index is 12.8. The Hall–Kier alpha value is -1.89. The van der Waals surface area contributed by atoms with Gasteiger partial charge in [-0.3, -0.25) is 0 Å². The zero-order valence-corrected chi connectivity index (χ0v) is 11.6. The normalized spacial score (nSPS) is 11.8. The van der Waals surface area contributed by atoms with E-state index in [9.17, 15) is 13.2 Å². The highest BCUT2D eigenvalue weighted by Crippen LogP contribution is 2.30. The first-order valence-electron chi connectivity index (χ1n) is 6.68. The molecule has 21 heavy (non-hydrogen) atoms. The summed E-state index contributed by atoms with van der Waals surface area (Å²) < 4.78 is 43.6. The number of anilines is 1. The van der Waals surface area contributed by atoms with Crippen molar-refractivity contribution in [3.05, 3.63) is 30.1 Å². The summed E-state index contributed by atoms with van der Waals surface area (Å²) in [5, 5.41) is 3.50. The van der Waals surface area contributed by atoms with Crippen LogP contribution in [0.5, 0.6) is 0 Å². The van der Waals surface area contributed by atoms with Crippen LogP contribution >= 0.6 is 0 Å². The summed E-state index contributed by atoms with van der Waals surface area (Å²) in [6.07, 6.45) is -3.88. The van der Waals surface area contributed by atoms with Crippen LogP contribution in [0.4, 0.5) is 19.0 Å². The lowest BCUT2D eigenvalue weighted by Gasteiger charge is -2.12. The minimum absolute atomic E-state index is 0.199. The molecule has 114 valence electrons. The van der Waals surface area contributed by atoms with E-state index in [0.717, 1.165) is 0 Å². The van der Waals surface area contributed by atoms with Crippen molar-refractivity contribution in [2.75, 3.05) is 25.1 Å². The lowest BCUT2D eigenvalue weighted by molar-refractivity contribution is -0.144. The minimum Gasteiger partial charge on any atom is -0.382 e. The van der Waals surface area contributed by atoms with Gasteiger partial charge < -0.3 is 10.1 Å². The predicted octanol–water partition coefficient (Wildman–Crippen LogP) is 3.49. The number of rotatable bonds is 6. The van der Waals surface area contributed by atoms with E-state index in [-0.39, 0.29) is 11.3 Å². The topological polar surface area (TPSA) is 47.0 Å². The van der Waals surface area contributed by atoms with Crippen LogP contribution in [-0.2, 0) is 10.9 Å². The van der Waals surface area contributed by atoms with Gasteiger partial charge in [-0.15, -0.1) is 0 Å². The summed E-state index contributed by atoms with van der Waals surface area (Å²) >= 11 is 0. The SMILES string of the molecule is CCOCCCNc1nc(C(F)(F)F)nc2ccccc12. The Balaban J connectivity index is 2.23. The zero-order chi connectivity index (χ0) is 15.3. The van der Waals surface area contributed by atoms with E-state index in [4.69, 9.17) is 4.74 Å². The fourth-order valence-corrected chi connectivity index (χ4v) is 1.86. The van der Waals surface area contributed by atoms with Crippen molar-refractivity contribution >= 4 is 16.7 Å². The Morgan fingerprint density at radius 1 is 1.19 bits per heavy atom. The van der Waals surface area contributed by atoms with Gasteiger partial charge >= 0.3 is 6.18 Å². The Bertz CT molecular complexity index is 602. The molecule has 2 aromatic rings. The van der Waals surface area contributed by atoms with Gasteiger partial charge in [-0.2, -0.15) is 13.2 Å². The molecule has 2 rings (SSSR count). The van der Waals surface area contributed by atoms with E-state index in [1.165, 1.54) is 6.07 Å². The number of alkyl halides is 3. The number of nitrogens with one attached hydrogen (secondary N) is 1. The largest absolute Gasteiger partial charge is 0.451 e. The van der Waals surface area contributed by atoms with E-state index in [1.807, 2.05) is 6.92 Å². The van der Waals surface area contributed by atoms with Gasteiger partial charge in [-0.25, -0.2) is 9.97 Å². The molecule has 0 aliphatic rings. The van der Waals surface area contributed by atoms with Crippen molar-refractivity contribution in [3.8, 4) is 0 Å². The van der Waals surface area contributed by atoms with Gasteiger partial charge in [-0.1, -0.05) is 12.1 Å². The molecule has 1 N–H and O–H groups in total. The molecule has 0 radical (unpaired) electrons. The van der Waals surface area contributed by atoms with E-state index in [1.54, 1.807) is 18.2 Å². The average molecular weight is 299 g/mol. The van der Waals surface area contributed by atoms with Crippen LogP contribution in [0.15, 0.2) is 24.3 Å². The van der Waals surface area contributed by atoms with Crippen LogP contribution in [0, 0.1) is 0 Å². The first-order chi connectivity index (χ1) is 10.0. The number of nitrogens with zero attached hydrogens (tertiary/aromatic N) is 2. The highest BCUT2D eigenvalue weighted by Gasteiger charge is 2.35. The third-order valence-electron chi connectivity index (χ3n) is 2.82. The van der Waals surface area contributed by atoms with Gasteiger partial charge in [0, 0.05) is 25.1 Å². The van der Waals surface area contributed by atoms with E-state index in [0.29, 0.717) is 31.6 Å². The average Bonchev–Trinajstić information content (AvgIpc) is 2.45. The summed E-state index contributed by atoms with van der Waals surface area (Å²) in [5.74, 6) is -0.932. The number of hydrogen-bond donors (Lipinski definition) is 1. The summed E-state index contributed by atoms with van der Waals surface area (Å²) in [7, 11) is 0. The zero-order valence-electron chi connectivity index (χ0n) is 11.6. The Labute approximate surface area is 120 Å². The monoisotopic (exact) mass is 299 g/mol. The standard InChI is InChI=1S/C14H16F3N3O/c1-2-21-9-5-8-18-12-10-6-3-4-7-11(10)19-13(20-12)14(15,16)17/h3-4,6-7H,2,5,8-9H2,1H3,(H,18,19,20). The van der Waals surface area contributed by atoms with Gasteiger partial charge in [-0.05, 0) is 25.5 Å². The van der Waals surface area contributed by atoms with E-state index < -0.39 is 12.0 Å². The maximum absolute atomic E-state index is 12.8. The predicted molar refractivity (Wildman–Crippen MR) is 74.1 cm³/mol. The van der Waals surface area contributed by atoms with E-state index in [2.05, 4.69) is 15.3 Å². The van der Waals surface area contributed by atoms with Gasteiger partial charge in [0.05, 0.1) is 5.52 Å². The van der Waals surface area contributed by atoms with Gasteiger partial charge in [0.1, 0.15) is 5.82 Å². The number of halogens is 3. The van der Waals surface area contributed by atoms with Crippen LogP contribution in [0.1, 0.15) is 19.2 Å². The molecular formula is C14H16F3N3O. The number of hydrogen-bond acceptors (Lipinski definition) is 4. The quantitative estimate of drug-likeness (QED) is 0.829. The molecule has 0 aliphatic heterocycles. The molecule has 1 aromatic heterocycles. The van der Waals surface area contributed by atoms with Crippen molar-refractivity contribution in [1.82, 2.24) is 9.97 Å². The second-order valence-electron chi connectivity index (χ2n) is 4.39. The lowest BCUT2D eigenvalue weighted by atomic mass is 10.2. The Morgan fingerprint density at radius 2 is 1.95 bits per heavy atom. The highest BCUT2D eigenvalue weighted by atomic mass is 19.4. The van der Waals surface area contributed by atoms with Crippen molar-refractivity contribution in [2.24, 2.45) is 0 Å². The molecule has 7 heteroatoms. The molecule has 0 unspecified atom stereocenters. The first kappa shape index (κ1) is 15.5. The fraction of sp³-hybridized carbons (Fsp3) is 0.429. The number of para-hydroxylation sites is 1. The molecule has 0 saturated carbocycles. The molecule has 0 spiro atoms. The fourth-order valence-electron chi connectivity index (χ4n) is 1.86. The van der Waals surface area contributed by atoms with Crippen LogP contribution in [0.25, 0.3) is 10.9 Å². The van der Waals surface area contributed by atoms with Crippen LogP contribution in [-0.4, -0.2) is 29.7 Å². The maximum Gasteiger partial charge on any atom is 0.451 e. The van der Waals surface area contributed by atoms with Crippen LogP contribution < -0.4 is 5.32 Å². The molecule has 1 heterocycles. The first-order valence-corrected chi connectivity index (χ1v) is 6.68. The number of aromatic nitrogens is 2. The van der Waals surface area contributed by atoms with Gasteiger partial charge in [0.15, 0.2) is 0 Å².